The van der Waals surface area contributed by atoms with Gasteiger partial charge >= 0.3 is 0 Å². The topological polar surface area (TPSA) is 84.2 Å². The molecule has 2 radical (unpaired) electrons. The SMILES string of the molecule is [B]c1cc2ncn(CC(=O)CC3NCCCC3O)c(=O)c2s1. The molecule has 0 aromatic carbocycles. The Bertz CT molecular complexity index is 757. The quantitative estimate of drug-likeness (QED) is 0.730. The maximum Gasteiger partial charge on any atom is 0.271 e. The molecule has 1 saturated heterocycles. The van der Waals surface area contributed by atoms with Gasteiger partial charge in [-0.2, -0.15) is 0 Å². The second kappa shape index (κ2) is 6.32. The summed E-state index contributed by atoms with van der Waals surface area (Å²) in [6.45, 7) is 0.765. The van der Waals surface area contributed by atoms with Crippen LogP contribution in [-0.4, -0.2) is 47.0 Å². The number of nitrogens with one attached hydrogen (secondary N) is 1. The number of nitrogens with zero attached hydrogens (tertiary/aromatic N) is 2. The molecule has 2 aromatic heterocycles. The first-order valence-electron chi connectivity index (χ1n) is 7.22. The number of aromatic nitrogens is 2. The van der Waals surface area contributed by atoms with Gasteiger partial charge in [-0.15, -0.1) is 11.3 Å². The highest BCUT2D eigenvalue weighted by atomic mass is 32.1. The Morgan fingerprint density at radius 2 is 2.41 bits per heavy atom. The first-order chi connectivity index (χ1) is 10.5. The van der Waals surface area contributed by atoms with Crippen LogP contribution in [-0.2, 0) is 11.3 Å². The fraction of sp³-hybridized carbons (Fsp3) is 0.500. The normalized spacial score (nSPS) is 22.0. The number of piperidine rings is 1. The highest BCUT2D eigenvalue weighted by molar-refractivity contribution is 7.26. The molecule has 3 rings (SSSR count). The highest BCUT2D eigenvalue weighted by Crippen LogP contribution is 2.13. The Hall–Kier alpha value is -1.51. The van der Waals surface area contributed by atoms with Crippen LogP contribution in [0.2, 0.25) is 0 Å². The number of hydrogen-bond acceptors (Lipinski definition) is 6. The minimum absolute atomic E-state index is 0.0372. The van der Waals surface area contributed by atoms with E-state index in [1.807, 2.05) is 0 Å². The van der Waals surface area contributed by atoms with Crippen molar-refractivity contribution in [1.82, 2.24) is 14.9 Å². The molecule has 1 aliphatic rings. The molecule has 6 nitrogen and oxygen atoms in total. The molecule has 8 heteroatoms. The van der Waals surface area contributed by atoms with Gasteiger partial charge in [0.1, 0.15) is 12.5 Å². The Morgan fingerprint density at radius 3 is 3.18 bits per heavy atom. The van der Waals surface area contributed by atoms with E-state index in [1.54, 1.807) is 6.07 Å². The molecule has 2 unspecified atom stereocenters. The second-order valence-electron chi connectivity index (χ2n) is 5.55. The molecule has 0 amide bonds. The molecular formula is C14H16BN3O3S. The van der Waals surface area contributed by atoms with Crippen LogP contribution < -0.4 is 15.7 Å². The van der Waals surface area contributed by atoms with Crippen LogP contribution in [0.1, 0.15) is 19.3 Å². The smallest absolute Gasteiger partial charge is 0.271 e. The summed E-state index contributed by atoms with van der Waals surface area (Å²) in [5.41, 5.74) is 0.303. The molecule has 0 spiro atoms. The Balaban J connectivity index is 1.73. The molecule has 114 valence electrons. The highest BCUT2D eigenvalue weighted by Gasteiger charge is 2.25. The average molecular weight is 317 g/mol. The number of hydrogen-bond donors (Lipinski definition) is 2. The summed E-state index contributed by atoms with van der Waals surface area (Å²) >= 11 is 1.17. The van der Waals surface area contributed by atoms with Crippen LogP contribution in [0.4, 0.5) is 0 Å². The van der Waals surface area contributed by atoms with E-state index in [2.05, 4.69) is 10.3 Å². The van der Waals surface area contributed by atoms with E-state index in [0.717, 1.165) is 13.0 Å². The zero-order chi connectivity index (χ0) is 15.7. The van der Waals surface area contributed by atoms with Crippen LogP contribution in [0.5, 0.6) is 0 Å². The lowest BCUT2D eigenvalue weighted by atomic mass is 9.97. The van der Waals surface area contributed by atoms with Crippen LogP contribution >= 0.6 is 11.3 Å². The number of Topliss-reactive ketones (excluding diaryl/α,β-unsaturated/α-hetero) is 1. The van der Waals surface area contributed by atoms with E-state index in [4.69, 9.17) is 7.85 Å². The van der Waals surface area contributed by atoms with Crippen molar-refractivity contribution in [3.63, 3.8) is 0 Å². The summed E-state index contributed by atoms with van der Waals surface area (Å²) < 4.78 is 2.29. The van der Waals surface area contributed by atoms with E-state index in [-0.39, 0.29) is 30.3 Å². The van der Waals surface area contributed by atoms with E-state index >= 15 is 0 Å². The maximum atomic E-state index is 12.3. The number of ketones is 1. The minimum Gasteiger partial charge on any atom is -0.391 e. The molecular weight excluding hydrogens is 301 g/mol. The predicted molar refractivity (Wildman–Crippen MR) is 85.9 cm³/mol. The van der Waals surface area contributed by atoms with Crippen molar-refractivity contribution >= 4 is 40.0 Å². The Morgan fingerprint density at radius 1 is 1.59 bits per heavy atom. The molecule has 1 fully saturated rings. The van der Waals surface area contributed by atoms with Gasteiger partial charge in [0.15, 0.2) is 5.78 Å². The lowest BCUT2D eigenvalue weighted by molar-refractivity contribution is -0.121. The molecule has 22 heavy (non-hydrogen) atoms. The molecule has 2 atom stereocenters. The standard InChI is InChI=1S/C14H16BN3O3S/c15-12-5-10-13(22-12)14(21)18(7-17-10)6-8(19)4-9-11(20)2-1-3-16-9/h5,7,9,11,16,20H,1-4,6H2. The van der Waals surface area contributed by atoms with Gasteiger partial charge in [-0.25, -0.2) is 4.98 Å². The monoisotopic (exact) mass is 317 g/mol. The number of fused-ring (bicyclic) bond motifs is 1. The van der Waals surface area contributed by atoms with Crippen molar-refractivity contribution in [2.45, 2.75) is 38.0 Å². The summed E-state index contributed by atoms with van der Waals surface area (Å²) in [6, 6.07) is 1.42. The fourth-order valence-electron chi connectivity index (χ4n) is 2.72. The minimum atomic E-state index is -0.507. The third kappa shape index (κ3) is 3.13. The second-order valence-corrected chi connectivity index (χ2v) is 6.64. The first-order valence-corrected chi connectivity index (χ1v) is 8.04. The van der Waals surface area contributed by atoms with E-state index < -0.39 is 6.10 Å². The van der Waals surface area contributed by atoms with Crippen LogP contribution in [0.3, 0.4) is 0 Å². The van der Waals surface area contributed by atoms with Gasteiger partial charge in [-0.3, -0.25) is 14.2 Å². The molecule has 0 saturated carbocycles. The number of carbonyl (C=O) groups is 1. The van der Waals surface area contributed by atoms with Gasteiger partial charge in [0.05, 0.1) is 24.5 Å². The average Bonchev–Trinajstić information content (AvgIpc) is 2.86. The van der Waals surface area contributed by atoms with Gasteiger partial charge in [0.2, 0.25) is 0 Å². The number of aliphatic hydroxyl groups is 1. The maximum absolute atomic E-state index is 12.3. The predicted octanol–water partition coefficient (Wildman–Crippen LogP) is -0.676. The van der Waals surface area contributed by atoms with Crippen molar-refractivity contribution in [3.8, 4) is 0 Å². The summed E-state index contributed by atoms with van der Waals surface area (Å²) in [7, 11) is 5.68. The number of rotatable bonds is 4. The summed E-state index contributed by atoms with van der Waals surface area (Å²) in [5, 5.41) is 13.0. The van der Waals surface area contributed by atoms with Gasteiger partial charge in [-0.1, -0.05) is 0 Å². The van der Waals surface area contributed by atoms with Crippen LogP contribution in [0.15, 0.2) is 17.2 Å². The number of aliphatic hydroxyl groups excluding tert-OH is 1. The Kier molecular flexibility index (Phi) is 4.42. The fourth-order valence-corrected chi connectivity index (χ4v) is 3.55. The lowest BCUT2D eigenvalue weighted by Crippen LogP contribution is -2.46. The number of carbonyl (C=O) groups excluding carboxylic acids is 1. The molecule has 0 bridgehead atoms. The number of thiophene rings is 1. The summed E-state index contributed by atoms with van der Waals surface area (Å²) in [5.74, 6) is -0.105. The van der Waals surface area contributed by atoms with Crippen molar-refractivity contribution in [3.05, 3.63) is 22.7 Å². The van der Waals surface area contributed by atoms with Crippen LogP contribution in [0.25, 0.3) is 10.2 Å². The third-order valence-corrected chi connectivity index (χ3v) is 4.81. The van der Waals surface area contributed by atoms with Crippen LogP contribution in [0, 0.1) is 0 Å². The first kappa shape index (κ1) is 15.4. The zero-order valence-corrected chi connectivity index (χ0v) is 12.8. The van der Waals surface area contributed by atoms with E-state index in [9.17, 15) is 14.7 Å². The van der Waals surface area contributed by atoms with Crippen molar-refractivity contribution in [1.29, 1.82) is 0 Å². The van der Waals surface area contributed by atoms with Gasteiger partial charge < -0.3 is 10.4 Å². The van der Waals surface area contributed by atoms with Crippen molar-refractivity contribution < 1.29 is 9.90 Å². The molecule has 1 aliphatic heterocycles. The van der Waals surface area contributed by atoms with Crippen molar-refractivity contribution in [2.75, 3.05) is 6.54 Å². The Labute approximate surface area is 132 Å². The third-order valence-electron chi connectivity index (χ3n) is 3.86. The molecule has 3 heterocycles. The summed E-state index contributed by atoms with van der Waals surface area (Å²) in [4.78, 5) is 28.6. The van der Waals surface area contributed by atoms with E-state index in [1.165, 1.54) is 22.2 Å². The summed E-state index contributed by atoms with van der Waals surface area (Å²) in [6.07, 6.45) is 2.68. The van der Waals surface area contributed by atoms with Gasteiger partial charge in [-0.05, 0) is 30.2 Å². The largest absolute Gasteiger partial charge is 0.391 e. The molecule has 0 aliphatic carbocycles. The van der Waals surface area contributed by atoms with Crippen molar-refractivity contribution in [2.24, 2.45) is 0 Å². The van der Waals surface area contributed by atoms with Gasteiger partial charge in [0.25, 0.3) is 5.56 Å². The van der Waals surface area contributed by atoms with Gasteiger partial charge in [0, 0.05) is 12.5 Å². The van der Waals surface area contributed by atoms with E-state index in [0.29, 0.717) is 21.4 Å². The molecule has 2 aromatic rings. The zero-order valence-electron chi connectivity index (χ0n) is 12.0. The lowest BCUT2D eigenvalue weighted by Gasteiger charge is -2.28. The molecule has 2 N–H and O–H groups in total.